The number of rotatable bonds is 7. The van der Waals surface area contributed by atoms with Crippen molar-refractivity contribution >= 4 is 27.5 Å². The maximum Gasteiger partial charge on any atom is 0.261 e. The Morgan fingerprint density at radius 3 is 2.30 bits per heavy atom. The first-order valence-electron chi connectivity index (χ1n) is 11.0. The van der Waals surface area contributed by atoms with Crippen molar-refractivity contribution in [1.82, 2.24) is 10.2 Å². The zero-order valence-corrected chi connectivity index (χ0v) is 20.1. The van der Waals surface area contributed by atoms with E-state index in [0.717, 1.165) is 12.0 Å². The van der Waals surface area contributed by atoms with Crippen LogP contribution >= 0.6 is 0 Å². The summed E-state index contributed by atoms with van der Waals surface area (Å²) in [5, 5.41) is 2.74. The number of anilines is 1. The van der Waals surface area contributed by atoms with Crippen molar-refractivity contribution in [3.63, 3.8) is 0 Å². The van der Waals surface area contributed by atoms with Crippen LogP contribution in [-0.4, -0.2) is 44.3 Å². The first-order chi connectivity index (χ1) is 15.5. The van der Waals surface area contributed by atoms with Crippen LogP contribution in [0.1, 0.15) is 49.5 Å². The Morgan fingerprint density at radius 2 is 1.73 bits per heavy atom. The largest absolute Gasteiger partial charge is 0.351 e. The summed E-state index contributed by atoms with van der Waals surface area (Å²) in [6.07, 6.45) is 2.96. The number of hydrogen-bond acceptors (Lipinski definition) is 4. The van der Waals surface area contributed by atoms with Gasteiger partial charge < -0.3 is 10.2 Å². The molecule has 1 fully saturated rings. The number of nitrogens with one attached hydrogen (secondary N) is 2. The van der Waals surface area contributed by atoms with E-state index in [1.165, 1.54) is 0 Å². The van der Waals surface area contributed by atoms with E-state index in [4.69, 9.17) is 0 Å². The predicted octanol–water partition coefficient (Wildman–Crippen LogP) is 3.69. The highest BCUT2D eigenvalue weighted by atomic mass is 32.2. The topological polar surface area (TPSA) is 95.6 Å². The van der Waals surface area contributed by atoms with Gasteiger partial charge in [-0.1, -0.05) is 39.0 Å². The van der Waals surface area contributed by atoms with Gasteiger partial charge in [-0.25, -0.2) is 8.42 Å². The highest BCUT2D eigenvalue weighted by Crippen LogP contribution is 2.25. The fraction of sp³-hybridized carbons (Fsp3) is 0.360. The van der Waals surface area contributed by atoms with Gasteiger partial charge in [-0.15, -0.1) is 6.58 Å². The van der Waals surface area contributed by atoms with Gasteiger partial charge in [0.1, 0.15) is 6.04 Å². The molecule has 3 rings (SSSR count). The van der Waals surface area contributed by atoms with E-state index in [2.05, 4.69) is 37.4 Å². The molecule has 1 heterocycles. The summed E-state index contributed by atoms with van der Waals surface area (Å²) in [7, 11) is -3.76. The van der Waals surface area contributed by atoms with Crippen LogP contribution in [0.4, 0.5) is 5.69 Å². The van der Waals surface area contributed by atoms with Crippen LogP contribution in [0.15, 0.2) is 66.1 Å². The number of amides is 2. The highest BCUT2D eigenvalue weighted by Gasteiger charge is 2.34. The summed E-state index contributed by atoms with van der Waals surface area (Å²) in [6, 6.07) is 12.5. The summed E-state index contributed by atoms with van der Waals surface area (Å²) < 4.78 is 28.1. The third kappa shape index (κ3) is 5.82. The molecule has 1 aliphatic rings. The summed E-state index contributed by atoms with van der Waals surface area (Å²) in [4.78, 5) is 27.0. The van der Waals surface area contributed by atoms with Crippen molar-refractivity contribution in [2.24, 2.45) is 0 Å². The lowest BCUT2D eigenvalue weighted by atomic mass is 9.87. The Kier molecular flexibility index (Phi) is 7.27. The second-order valence-electron chi connectivity index (χ2n) is 9.15. The van der Waals surface area contributed by atoms with E-state index in [1.54, 1.807) is 47.4 Å². The van der Waals surface area contributed by atoms with Gasteiger partial charge in [-0.2, -0.15) is 0 Å². The molecule has 0 saturated carbocycles. The van der Waals surface area contributed by atoms with Crippen LogP contribution in [0.25, 0.3) is 0 Å². The number of sulfonamides is 1. The summed E-state index contributed by atoms with van der Waals surface area (Å²) in [5.74, 6) is -0.443. The maximum absolute atomic E-state index is 13.0. The summed E-state index contributed by atoms with van der Waals surface area (Å²) >= 11 is 0. The normalized spacial score (nSPS) is 16.3. The number of hydrogen-bond donors (Lipinski definition) is 2. The van der Waals surface area contributed by atoms with Crippen LogP contribution in [0.3, 0.4) is 0 Å². The molecule has 1 aliphatic heterocycles. The van der Waals surface area contributed by atoms with Gasteiger partial charge in [-0.05, 0) is 60.2 Å². The molecule has 0 aromatic heterocycles. The number of benzene rings is 2. The van der Waals surface area contributed by atoms with E-state index in [1.807, 2.05) is 12.1 Å². The van der Waals surface area contributed by atoms with Gasteiger partial charge in [0.25, 0.3) is 15.9 Å². The van der Waals surface area contributed by atoms with Crippen molar-refractivity contribution in [2.75, 3.05) is 17.8 Å². The van der Waals surface area contributed by atoms with Crippen LogP contribution in [-0.2, 0) is 20.2 Å². The monoisotopic (exact) mass is 469 g/mol. The van der Waals surface area contributed by atoms with E-state index in [9.17, 15) is 18.0 Å². The molecule has 0 radical (unpaired) electrons. The van der Waals surface area contributed by atoms with Crippen molar-refractivity contribution in [3.05, 3.63) is 72.3 Å². The fourth-order valence-corrected chi connectivity index (χ4v) is 4.83. The molecule has 2 N–H and O–H groups in total. The molecule has 0 unspecified atom stereocenters. The van der Waals surface area contributed by atoms with Crippen LogP contribution in [0.5, 0.6) is 0 Å². The molecule has 33 heavy (non-hydrogen) atoms. The minimum Gasteiger partial charge on any atom is -0.351 e. The van der Waals surface area contributed by atoms with E-state index < -0.39 is 16.1 Å². The minimum atomic E-state index is -3.76. The molecule has 1 atom stereocenters. The molecule has 0 spiro atoms. The molecule has 2 aromatic rings. The minimum absolute atomic E-state index is 0.0707. The van der Waals surface area contributed by atoms with Crippen molar-refractivity contribution in [1.29, 1.82) is 0 Å². The Labute approximate surface area is 195 Å². The van der Waals surface area contributed by atoms with Gasteiger partial charge in [-0.3, -0.25) is 14.3 Å². The van der Waals surface area contributed by atoms with Crippen LogP contribution < -0.4 is 10.0 Å². The van der Waals surface area contributed by atoms with Gasteiger partial charge in [0.05, 0.1) is 4.90 Å². The lowest BCUT2D eigenvalue weighted by molar-refractivity contribution is -0.124. The quantitative estimate of drug-likeness (QED) is 0.605. The zero-order valence-electron chi connectivity index (χ0n) is 19.3. The molecule has 176 valence electrons. The SMILES string of the molecule is C=CCNC(=O)[C@H]1CCCN1C(=O)c1ccc(NS(=O)(=O)c2ccc(C(C)(C)C)cc2)cc1. The van der Waals surface area contributed by atoms with Crippen molar-refractivity contribution in [2.45, 2.75) is 50.0 Å². The molecule has 2 aromatic carbocycles. The number of likely N-dealkylation sites (tertiary alicyclic amines) is 1. The molecular weight excluding hydrogens is 438 g/mol. The molecule has 7 nitrogen and oxygen atoms in total. The lowest BCUT2D eigenvalue weighted by Gasteiger charge is -2.24. The average Bonchev–Trinajstić information content (AvgIpc) is 3.27. The maximum atomic E-state index is 13.0. The van der Waals surface area contributed by atoms with Gasteiger partial charge in [0, 0.05) is 24.3 Å². The van der Waals surface area contributed by atoms with Crippen LogP contribution in [0, 0.1) is 0 Å². The van der Waals surface area contributed by atoms with Crippen molar-refractivity contribution < 1.29 is 18.0 Å². The predicted molar refractivity (Wildman–Crippen MR) is 130 cm³/mol. The number of carbonyl (C=O) groups is 2. The molecule has 0 bridgehead atoms. The Balaban J connectivity index is 1.70. The van der Waals surface area contributed by atoms with E-state index in [0.29, 0.717) is 30.8 Å². The second-order valence-corrected chi connectivity index (χ2v) is 10.8. The molecular formula is C25H31N3O4S. The first-order valence-corrected chi connectivity index (χ1v) is 12.4. The first kappa shape index (κ1) is 24.5. The summed E-state index contributed by atoms with van der Waals surface area (Å²) in [5.41, 5.74) is 1.73. The van der Waals surface area contributed by atoms with Crippen molar-refractivity contribution in [3.8, 4) is 0 Å². The Bertz CT molecular complexity index is 1120. The zero-order chi connectivity index (χ0) is 24.2. The third-order valence-electron chi connectivity index (χ3n) is 5.65. The number of carbonyl (C=O) groups excluding carboxylic acids is 2. The van der Waals surface area contributed by atoms with Gasteiger partial charge >= 0.3 is 0 Å². The standard InChI is InChI=1S/C25H31N3O4S/c1-5-16-26-23(29)22-7-6-17-28(22)24(30)18-8-12-20(13-9-18)27-33(31,32)21-14-10-19(11-15-21)25(2,3)4/h5,8-15,22,27H,1,6-7,16-17H2,2-4H3,(H,26,29)/t22-/m1/s1. The molecule has 0 aliphatic carbocycles. The lowest BCUT2D eigenvalue weighted by Crippen LogP contribution is -2.46. The van der Waals surface area contributed by atoms with E-state index in [-0.39, 0.29) is 22.1 Å². The smallest absolute Gasteiger partial charge is 0.261 e. The third-order valence-corrected chi connectivity index (χ3v) is 7.05. The second kappa shape index (κ2) is 9.79. The fourth-order valence-electron chi connectivity index (χ4n) is 3.77. The van der Waals surface area contributed by atoms with Crippen LogP contribution in [0.2, 0.25) is 0 Å². The van der Waals surface area contributed by atoms with Gasteiger partial charge in [0.15, 0.2) is 0 Å². The Hall–Kier alpha value is -3.13. The molecule has 2 amide bonds. The molecule has 8 heteroatoms. The average molecular weight is 470 g/mol. The highest BCUT2D eigenvalue weighted by molar-refractivity contribution is 7.92. The Morgan fingerprint density at radius 1 is 1.09 bits per heavy atom. The number of nitrogens with zero attached hydrogens (tertiary/aromatic N) is 1. The van der Waals surface area contributed by atoms with Gasteiger partial charge in [0.2, 0.25) is 5.91 Å². The van der Waals surface area contributed by atoms with E-state index >= 15 is 0 Å². The molecule has 1 saturated heterocycles. The summed E-state index contributed by atoms with van der Waals surface area (Å²) in [6.45, 7) is 10.6.